The van der Waals surface area contributed by atoms with E-state index in [9.17, 15) is 4.79 Å². The third-order valence-electron chi connectivity index (χ3n) is 2.95. The highest BCUT2D eigenvalue weighted by atomic mass is 16.5. The van der Waals surface area contributed by atoms with Crippen molar-refractivity contribution in [3.05, 3.63) is 58.0 Å². The zero-order chi connectivity index (χ0) is 13.1. The maximum absolute atomic E-state index is 12.0. The Morgan fingerprint density at radius 2 is 2.00 bits per heavy atom. The van der Waals surface area contributed by atoms with Gasteiger partial charge in [-0.05, 0) is 24.6 Å². The molecule has 0 saturated carbocycles. The molecule has 0 saturated heterocycles. The highest BCUT2D eigenvalue weighted by molar-refractivity contribution is 5.43. The number of methoxy groups -OCH3 is 1. The van der Waals surface area contributed by atoms with Crippen LogP contribution in [0.4, 0.5) is 5.69 Å². The molecule has 0 atom stereocenters. The molecule has 0 aliphatic carbocycles. The number of anilines is 1. The number of hydrogen-bond acceptors (Lipinski definition) is 3. The standard InChI is InChI=1S/C14H16N2O2/c1-10-7-8-16(14(17)13(10)15)9-11-5-3-4-6-12(11)18-2/h3-8H,9,15H2,1-2H3. The van der Waals surface area contributed by atoms with E-state index in [1.165, 1.54) is 0 Å². The van der Waals surface area contributed by atoms with Gasteiger partial charge in [-0.1, -0.05) is 18.2 Å². The van der Waals surface area contributed by atoms with Gasteiger partial charge >= 0.3 is 0 Å². The Balaban J connectivity index is 2.41. The first-order chi connectivity index (χ1) is 8.63. The second kappa shape index (κ2) is 4.96. The Bertz CT molecular complexity index is 617. The lowest BCUT2D eigenvalue weighted by molar-refractivity contribution is 0.408. The number of aromatic nitrogens is 1. The first kappa shape index (κ1) is 12.2. The van der Waals surface area contributed by atoms with Gasteiger partial charge in [-0.15, -0.1) is 0 Å². The second-order valence-electron chi connectivity index (χ2n) is 4.16. The van der Waals surface area contributed by atoms with Crippen molar-refractivity contribution in [2.75, 3.05) is 12.8 Å². The Morgan fingerprint density at radius 3 is 2.72 bits per heavy atom. The summed E-state index contributed by atoms with van der Waals surface area (Å²) in [5.74, 6) is 0.767. The van der Waals surface area contributed by atoms with Gasteiger partial charge in [0.2, 0.25) is 0 Å². The van der Waals surface area contributed by atoms with E-state index in [1.807, 2.05) is 37.3 Å². The van der Waals surface area contributed by atoms with E-state index in [0.29, 0.717) is 12.2 Å². The fourth-order valence-electron chi connectivity index (χ4n) is 1.82. The van der Waals surface area contributed by atoms with Crippen molar-refractivity contribution in [3.63, 3.8) is 0 Å². The van der Waals surface area contributed by atoms with Gasteiger partial charge in [0, 0.05) is 11.8 Å². The van der Waals surface area contributed by atoms with Crippen LogP contribution in [0.25, 0.3) is 0 Å². The number of pyridine rings is 1. The highest BCUT2D eigenvalue weighted by Gasteiger charge is 2.06. The normalized spacial score (nSPS) is 10.3. The van der Waals surface area contributed by atoms with Gasteiger partial charge < -0.3 is 15.0 Å². The first-order valence-electron chi connectivity index (χ1n) is 5.71. The van der Waals surface area contributed by atoms with Gasteiger partial charge in [0.25, 0.3) is 5.56 Å². The molecule has 0 radical (unpaired) electrons. The van der Waals surface area contributed by atoms with Gasteiger partial charge in [-0.3, -0.25) is 4.79 Å². The molecule has 2 N–H and O–H groups in total. The van der Waals surface area contributed by atoms with Crippen LogP contribution in [0.1, 0.15) is 11.1 Å². The predicted octanol–water partition coefficient (Wildman–Crippen LogP) is 1.80. The van der Waals surface area contributed by atoms with Crippen molar-refractivity contribution in [1.82, 2.24) is 4.57 Å². The molecule has 0 aliphatic rings. The Hall–Kier alpha value is -2.23. The number of rotatable bonds is 3. The molecule has 0 bridgehead atoms. The molecule has 94 valence electrons. The van der Waals surface area contributed by atoms with Crippen molar-refractivity contribution in [1.29, 1.82) is 0 Å². The molecule has 18 heavy (non-hydrogen) atoms. The van der Waals surface area contributed by atoms with Gasteiger partial charge in [0.05, 0.1) is 13.7 Å². The van der Waals surface area contributed by atoms with Crippen LogP contribution in [0.15, 0.2) is 41.3 Å². The number of nitrogens with two attached hydrogens (primary N) is 1. The molecule has 0 aliphatic heterocycles. The first-order valence-corrected chi connectivity index (χ1v) is 5.71. The Labute approximate surface area is 106 Å². The maximum atomic E-state index is 12.0. The minimum atomic E-state index is -0.166. The lowest BCUT2D eigenvalue weighted by Crippen LogP contribution is -2.23. The van der Waals surface area contributed by atoms with E-state index in [0.717, 1.165) is 16.9 Å². The summed E-state index contributed by atoms with van der Waals surface area (Å²) in [6.45, 7) is 2.28. The summed E-state index contributed by atoms with van der Waals surface area (Å²) >= 11 is 0. The molecule has 0 spiro atoms. The summed E-state index contributed by atoms with van der Waals surface area (Å²) in [7, 11) is 1.62. The Morgan fingerprint density at radius 1 is 1.28 bits per heavy atom. The van der Waals surface area contributed by atoms with Crippen LogP contribution in [0.2, 0.25) is 0 Å². The van der Waals surface area contributed by atoms with E-state index >= 15 is 0 Å². The third-order valence-corrected chi connectivity index (χ3v) is 2.95. The quantitative estimate of drug-likeness (QED) is 0.895. The van der Waals surface area contributed by atoms with Gasteiger partial charge in [0.15, 0.2) is 0 Å². The van der Waals surface area contributed by atoms with E-state index in [1.54, 1.807) is 17.9 Å². The SMILES string of the molecule is COc1ccccc1Cn1ccc(C)c(N)c1=O. The average Bonchev–Trinajstić information content (AvgIpc) is 2.40. The summed E-state index contributed by atoms with van der Waals surface area (Å²) in [5.41, 5.74) is 7.63. The second-order valence-corrected chi connectivity index (χ2v) is 4.16. The molecular formula is C14H16N2O2. The van der Waals surface area contributed by atoms with E-state index < -0.39 is 0 Å². The molecule has 1 aromatic carbocycles. The lowest BCUT2D eigenvalue weighted by Gasteiger charge is -2.11. The van der Waals surface area contributed by atoms with Gasteiger partial charge in [-0.25, -0.2) is 0 Å². The molecular weight excluding hydrogens is 228 g/mol. The molecule has 2 aromatic rings. The molecule has 2 rings (SSSR count). The summed E-state index contributed by atoms with van der Waals surface area (Å²) < 4.78 is 6.85. The monoisotopic (exact) mass is 244 g/mol. The van der Waals surface area contributed by atoms with Gasteiger partial charge in [0.1, 0.15) is 11.4 Å². The molecule has 0 fully saturated rings. The number of nitrogens with zero attached hydrogens (tertiary/aromatic N) is 1. The topological polar surface area (TPSA) is 57.2 Å². The number of para-hydroxylation sites is 1. The number of nitrogen functional groups attached to an aromatic ring is 1. The van der Waals surface area contributed by atoms with Crippen molar-refractivity contribution >= 4 is 5.69 Å². The molecule has 1 heterocycles. The molecule has 4 heteroatoms. The van der Waals surface area contributed by atoms with Crippen LogP contribution >= 0.6 is 0 Å². The summed E-state index contributed by atoms with van der Waals surface area (Å²) in [4.78, 5) is 12.0. The third kappa shape index (κ3) is 2.22. The van der Waals surface area contributed by atoms with Gasteiger partial charge in [-0.2, -0.15) is 0 Å². The van der Waals surface area contributed by atoms with Crippen molar-refractivity contribution < 1.29 is 4.74 Å². The highest BCUT2D eigenvalue weighted by Crippen LogP contribution is 2.18. The van der Waals surface area contributed by atoms with Crippen LogP contribution in [0.3, 0.4) is 0 Å². The van der Waals surface area contributed by atoms with Crippen molar-refractivity contribution in [2.24, 2.45) is 0 Å². The molecule has 4 nitrogen and oxygen atoms in total. The van der Waals surface area contributed by atoms with Crippen LogP contribution in [0, 0.1) is 6.92 Å². The largest absolute Gasteiger partial charge is 0.496 e. The fraction of sp³-hybridized carbons (Fsp3) is 0.214. The predicted molar refractivity (Wildman–Crippen MR) is 71.9 cm³/mol. The van der Waals surface area contributed by atoms with Crippen LogP contribution < -0.4 is 16.0 Å². The molecule has 0 amide bonds. The van der Waals surface area contributed by atoms with Crippen molar-refractivity contribution in [2.45, 2.75) is 13.5 Å². The van der Waals surface area contributed by atoms with Crippen molar-refractivity contribution in [3.8, 4) is 5.75 Å². The average molecular weight is 244 g/mol. The number of hydrogen-bond donors (Lipinski definition) is 1. The smallest absolute Gasteiger partial charge is 0.274 e. The zero-order valence-corrected chi connectivity index (χ0v) is 10.5. The number of aryl methyl sites for hydroxylation is 1. The zero-order valence-electron chi connectivity index (χ0n) is 10.5. The summed E-state index contributed by atoms with van der Waals surface area (Å²) in [5, 5.41) is 0. The summed E-state index contributed by atoms with van der Waals surface area (Å²) in [6, 6.07) is 9.46. The number of benzene rings is 1. The minimum Gasteiger partial charge on any atom is -0.496 e. The van der Waals surface area contributed by atoms with Crippen LogP contribution in [-0.2, 0) is 6.54 Å². The molecule has 0 unspecified atom stereocenters. The summed E-state index contributed by atoms with van der Waals surface area (Å²) in [6.07, 6.45) is 1.75. The van der Waals surface area contributed by atoms with E-state index in [-0.39, 0.29) is 5.56 Å². The van der Waals surface area contributed by atoms with Crippen LogP contribution in [-0.4, -0.2) is 11.7 Å². The maximum Gasteiger partial charge on any atom is 0.274 e. The lowest BCUT2D eigenvalue weighted by atomic mass is 10.2. The minimum absolute atomic E-state index is 0.166. The molecule has 1 aromatic heterocycles. The Kier molecular flexibility index (Phi) is 3.37. The number of ether oxygens (including phenoxy) is 1. The van der Waals surface area contributed by atoms with E-state index in [2.05, 4.69) is 0 Å². The van der Waals surface area contributed by atoms with E-state index in [4.69, 9.17) is 10.5 Å². The fourth-order valence-corrected chi connectivity index (χ4v) is 1.82. The van der Waals surface area contributed by atoms with Crippen LogP contribution in [0.5, 0.6) is 5.75 Å².